The quantitative estimate of drug-likeness (QED) is 0.298. The van der Waals surface area contributed by atoms with E-state index in [1.54, 1.807) is 42.2 Å². The molecule has 1 aliphatic heterocycles. The second-order valence-electron chi connectivity index (χ2n) is 8.98. The number of thiophene rings is 1. The molecule has 200 valence electrons. The van der Waals surface area contributed by atoms with E-state index in [1.165, 1.54) is 24.3 Å². The van der Waals surface area contributed by atoms with E-state index < -0.39 is 35.5 Å². The van der Waals surface area contributed by atoms with Crippen molar-refractivity contribution < 1.29 is 27.6 Å². The lowest BCUT2D eigenvalue weighted by Crippen LogP contribution is -2.46. The maximum absolute atomic E-state index is 13.3. The van der Waals surface area contributed by atoms with Gasteiger partial charge in [0.15, 0.2) is 0 Å². The summed E-state index contributed by atoms with van der Waals surface area (Å²) in [5.41, 5.74) is 1.21. The molecule has 0 spiro atoms. The van der Waals surface area contributed by atoms with Crippen LogP contribution in [0.15, 0.2) is 66.9 Å². The maximum Gasteiger partial charge on any atom is 0.416 e. The zero-order valence-corrected chi connectivity index (χ0v) is 21.9. The number of aromatic nitrogens is 2. The fraction of sp³-hybridized carbons (Fsp3) is 0.185. The van der Waals surface area contributed by atoms with Crippen LogP contribution in [0, 0.1) is 0 Å². The molecule has 0 radical (unpaired) electrons. The lowest BCUT2D eigenvalue weighted by molar-refractivity contribution is -0.137. The van der Waals surface area contributed by atoms with Crippen LogP contribution in [0.4, 0.5) is 13.2 Å². The van der Waals surface area contributed by atoms with Gasteiger partial charge in [0.1, 0.15) is 4.34 Å². The van der Waals surface area contributed by atoms with E-state index in [9.17, 15) is 27.6 Å². The summed E-state index contributed by atoms with van der Waals surface area (Å²) >= 11 is 7.43. The molecule has 2 aromatic heterocycles. The number of aryl methyl sites for hydroxylation is 1. The lowest BCUT2D eigenvalue weighted by atomic mass is 10.0. The minimum absolute atomic E-state index is 0.0588. The number of carbonyl (C=O) groups is 3. The molecule has 3 amide bonds. The van der Waals surface area contributed by atoms with Crippen LogP contribution in [0.25, 0.3) is 11.3 Å². The Kier molecular flexibility index (Phi) is 7.04. The first-order valence-electron chi connectivity index (χ1n) is 11.7. The van der Waals surface area contributed by atoms with Crippen molar-refractivity contribution in [2.75, 3.05) is 6.54 Å². The highest BCUT2D eigenvalue weighted by atomic mass is 35.5. The summed E-state index contributed by atoms with van der Waals surface area (Å²) in [5, 5.41) is 6.91. The number of fused-ring (bicyclic) bond motifs is 1. The van der Waals surface area contributed by atoms with E-state index in [0.29, 0.717) is 15.6 Å². The molecule has 0 bridgehead atoms. The predicted octanol–water partition coefficient (Wildman–Crippen LogP) is 5.46. The fourth-order valence-corrected chi connectivity index (χ4v) is 5.69. The Balaban J connectivity index is 1.43. The van der Waals surface area contributed by atoms with Crippen LogP contribution in [0.1, 0.15) is 41.5 Å². The number of hydrogen-bond donors (Lipinski definition) is 1. The van der Waals surface area contributed by atoms with Gasteiger partial charge in [0.2, 0.25) is 0 Å². The Bertz CT molecular complexity index is 1560. The van der Waals surface area contributed by atoms with Gasteiger partial charge in [0, 0.05) is 25.4 Å². The van der Waals surface area contributed by atoms with Gasteiger partial charge in [-0.25, -0.2) is 0 Å². The molecular formula is C27H20ClF3N4O3S. The van der Waals surface area contributed by atoms with E-state index in [2.05, 4.69) is 10.4 Å². The Labute approximate surface area is 229 Å². The van der Waals surface area contributed by atoms with Crippen LogP contribution in [0.3, 0.4) is 0 Å². The second kappa shape index (κ2) is 10.3. The van der Waals surface area contributed by atoms with Gasteiger partial charge in [-0.15, -0.1) is 11.3 Å². The van der Waals surface area contributed by atoms with Crippen LogP contribution in [-0.4, -0.2) is 45.0 Å². The molecule has 7 nitrogen and oxygen atoms in total. The third-order valence-electron chi connectivity index (χ3n) is 6.36. The van der Waals surface area contributed by atoms with Crippen LogP contribution in [0.2, 0.25) is 4.34 Å². The number of nitrogens with one attached hydrogen (secondary N) is 1. The Hall–Kier alpha value is -3.96. The normalized spacial score (nSPS) is 14.0. The zero-order valence-electron chi connectivity index (χ0n) is 20.3. The van der Waals surface area contributed by atoms with Gasteiger partial charge in [-0.2, -0.15) is 18.3 Å². The number of alkyl halides is 3. The molecule has 0 saturated heterocycles. The summed E-state index contributed by atoms with van der Waals surface area (Å²) < 4.78 is 41.9. The highest BCUT2D eigenvalue weighted by molar-refractivity contribution is 7.18. The molecule has 1 aliphatic rings. The minimum atomic E-state index is -4.55. The first-order chi connectivity index (χ1) is 18.5. The molecule has 0 fully saturated rings. The van der Waals surface area contributed by atoms with Crippen molar-refractivity contribution in [1.29, 1.82) is 0 Å². The summed E-state index contributed by atoms with van der Waals surface area (Å²) in [6.45, 7) is -0.234. The Morgan fingerprint density at radius 2 is 1.72 bits per heavy atom. The van der Waals surface area contributed by atoms with Crippen molar-refractivity contribution in [3.05, 3.63) is 98.3 Å². The molecule has 5 rings (SSSR count). The second-order valence-corrected chi connectivity index (χ2v) is 10.6. The standard InChI is InChI=1S/C27H20ClF3N4O3S/c1-34-21(9-10-32-34)20-13-22(39-23(20)28)24(36)33-17(12-15-5-4-6-16(11-15)27(29,30)31)14-35-25(37)18-7-2-3-8-19(18)26(35)38/h2-11,13,17H,12,14H2,1H3,(H,33,36)/t17-/m0/s1. The molecule has 3 heterocycles. The number of carbonyl (C=O) groups excluding carboxylic acids is 3. The molecular weight excluding hydrogens is 553 g/mol. The van der Waals surface area contributed by atoms with Crippen molar-refractivity contribution in [1.82, 2.24) is 20.0 Å². The summed E-state index contributed by atoms with van der Waals surface area (Å²) in [6.07, 6.45) is -3.01. The van der Waals surface area contributed by atoms with E-state index in [1.807, 2.05) is 0 Å². The van der Waals surface area contributed by atoms with E-state index in [-0.39, 0.29) is 34.5 Å². The van der Waals surface area contributed by atoms with Crippen molar-refractivity contribution in [3.8, 4) is 11.3 Å². The van der Waals surface area contributed by atoms with Gasteiger partial charge in [-0.3, -0.25) is 24.0 Å². The summed E-state index contributed by atoms with van der Waals surface area (Å²) in [5.74, 6) is -1.60. The average molecular weight is 573 g/mol. The number of amides is 3. The summed E-state index contributed by atoms with van der Waals surface area (Å²) in [7, 11) is 1.73. The average Bonchev–Trinajstić information content (AvgIpc) is 3.56. The molecule has 0 saturated carbocycles. The molecule has 2 aromatic carbocycles. The predicted molar refractivity (Wildman–Crippen MR) is 140 cm³/mol. The first-order valence-corrected chi connectivity index (χ1v) is 12.9. The van der Waals surface area contributed by atoms with Gasteiger partial charge >= 0.3 is 6.18 Å². The third kappa shape index (κ3) is 5.32. The smallest absolute Gasteiger partial charge is 0.346 e. The van der Waals surface area contributed by atoms with Gasteiger partial charge < -0.3 is 5.32 Å². The third-order valence-corrected chi connectivity index (χ3v) is 7.72. The number of hydrogen-bond acceptors (Lipinski definition) is 5. The highest BCUT2D eigenvalue weighted by Crippen LogP contribution is 2.35. The molecule has 0 aliphatic carbocycles. The van der Waals surface area contributed by atoms with Gasteiger partial charge in [-0.05, 0) is 42.3 Å². The molecule has 4 aromatic rings. The lowest BCUT2D eigenvalue weighted by Gasteiger charge is -2.24. The van der Waals surface area contributed by atoms with Crippen molar-refractivity contribution >= 4 is 40.7 Å². The van der Waals surface area contributed by atoms with Gasteiger partial charge in [-0.1, -0.05) is 41.9 Å². The highest BCUT2D eigenvalue weighted by Gasteiger charge is 2.37. The number of halogens is 4. The zero-order chi connectivity index (χ0) is 27.9. The molecule has 39 heavy (non-hydrogen) atoms. The van der Waals surface area contributed by atoms with E-state index in [0.717, 1.165) is 28.4 Å². The summed E-state index contributed by atoms with van der Waals surface area (Å²) in [4.78, 5) is 40.5. The van der Waals surface area contributed by atoms with Crippen LogP contribution in [-0.2, 0) is 19.6 Å². The molecule has 12 heteroatoms. The molecule has 0 unspecified atom stereocenters. The van der Waals surface area contributed by atoms with Crippen LogP contribution < -0.4 is 5.32 Å². The van der Waals surface area contributed by atoms with E-state index in [4.69, 9.17) is 11.6 Å². The molecule has 1 atom stereocenters. The maximum atomic E-state index is 13.3. The fourth-order valence-electron chi connectivity index (χ4n) is 4.50. The minimum Gasteiger partial charge on any atom is -0.346 e. The van der Waals surface area contributed by atoms with Crippen molar-refractivity contribution in [2.45, 2.75) is 18.6 Å². The largest absolute Gasteiger partial charge is 0.416 e. The van der Waals surface area contributed by atoms with Crippen molar-refractivity contribution in [3.63, 3.8) is 0 Å². The Morgan fingerprint density at radius 3 is 2.33 bits per heavy atom. The topological polar surface area (TPSA) is 84.3 Å². The van der Waals surface area contributed by atoms with Crippen LogP contribution in [0.5, 0.6) is 0 Å². The summed E-state index contributed by atoms with van der Waals surface area (Å²) in [6, 6.07) is 13.5. The molecule has 1 N–H and O–H groups in total. The van der Waals surface area contributed by atoms with Gasteiger partial charge in [0.25, 0.3) is 17.7 Å². The van der Waals surface area contributed by atoms with Gasteiger partial charge in [0.05, 0.1) is 33.3 Å². The Morgan fingerprint density at radius 1 is 1.03 bits per heavy atom. The van der Waals surface area contributed by atoms with Crippen molar-refractivity contribution in [2.24, 2.45) is 7.05 Å². The number of imide groups is 1. The number of benzene rings is 2. The first kappa shape index (κ1) is 26.6. The van der Waals surface area contributed by atoms with E-state index >= 15 is 0 Å². The monoisotopic (exact) mass is 572 g/mol. The number of nitrogens with zero attached hydrogens (tertiary/aromatic N) is 3. The number of rotatable bonds is 7. The van der Waals surface area contributed by atoms with Crippen LogP contribution >= 0.6 is 22.9 Å². The SMILES string of the molecule is Cn1nccc1-c1cc(C(=O)N[C@@H](Cc2cccc(C(F)(F)F)c2)CN2C(=O)c3ccccc3C2=O)sc1Cl.